The summed E-state index contributed by atoms with van der Waals surface area (Å²) in [5, 5.41) is 12.0. The Bertz CT molecular complexity index is 1130. The molecule has 0 saturated carbocycles. The predicted octanol–water partition coefficient (Wildman–Crippen LogP) is 2.89. The van der Waals surface area contributed by atoms with Crippen LogP contribution in [-0.2, 0) is 14.3 Å². The Kier molecular flexibility index (Phi) is 4.87. The third-order valence-electron chi connectivity index (χ3n) is 5.23. The van der Waals surface area contributed by atoms with Gasteiger partial charge in [-0.15, -0.1) is 0 Å². The van der Waals surface area contributed by atoms with Crippen molar-refractivity contribution in [2.45, 2.75) is 12.8 Å². The highest BCUT2D eigenvalue weighted by Gasteiger charge is 2.42. The number of benzene rings is 2. The molecule has 0 bridgehead atoms. The lowest BCUT2D eigenvalue weighted by Gasteiger charge is -2.29. The Morgan fingerprint density at radius 2 is 1.73 bits per heavy atom. The summed E-state index contributed by atoms with van der Waals surface area (Å²) in [6.07, 6.45) is 0. The number of rotatable bonds is 5. The van der Waals surface area contributed by atoms with Crippen LogP contribution in [0.5, 0.6) is 5.75 Å². The first-order valence-electron chi connectivity index (χ1n) is 9.31. The van der Waals surface area contributed by atoms with Gasteiger partial charge in [-0.1, -0.05) is 36.4 Å². The highest BCUT2D eigenvalue weighted by molar-refractivity contribution is 6.23. The van der Waals surface area contributed by atoms with Crippen molar-refractivity contribution in [3.05, 3.63) is 82.1 Å². The topological polar surface area (TPSA) is 102 Å². The lowest BCUT2D eigenvalue weighted by molar-refractivity contribution is -0.139. The molecule has 4 rings (SSSR count). The van der Waals surface area contributed by atoms with Crippen LogP contribution in [-0.4, -0.2) is 36.5 Å². The van der Waals surface area contributed by atoms with E-state index in [1.165, 1.54) is 7.11 Å². The molecule has 0 saturated heterocycles. The maximum atomic E-state index is 13.3. The maximum absolute atomic E-state index is 13.3. The number of Topliss-reactive ketones (excluding diaryl/α,β-unsaturated/α-hetero) is 1. The van der Waals surface area contributed by atoms with Crippen molar-refractivity contribution in [2.24, 2.45) is 0 Å². The van der Waals surface area contributed by atoms with Crippen molar-refractivity contribution in [2.75, 3.05) is 13.7 Å². The lowest BCUT2D eigenvalue weighted by atomic mass is 9.80. The smallest absolute Gasteiger partial charge is 0.341 e. The van der Waals surface area contributed by atoms with Gasteiger partial charge in [-0.3, -0.25) is 4.79 Å². The molecule has 0 spiro atoms. The first kappa shape index (κ1) is 19.4. The van der Waals surface area contributed by atoms with Crippen molar-refractivity contribution in [1.82, 2.24) is 5.32 Å². The summed E-state index contributed by atoms with van der Waals surface area (Å²) < 4.78 is 10.2. The highest BCUT2D eigenvalue weighted by Crippen LogP contribution is 2.46. The van der Waals surface area contributed by atoms with E-state index in [9.17, 15) is 14.4 Å². The first-order valence-corrected chi connectivity index (χ1v) is 9.31. The number of aliphatic carboxylic acids is 1. The number of carboxylic acid groups (broad SMARTS) is 1. The number of methoxy groups -OCH3 is 1. The van der Waals surface area contributed by atoms with Gasteiger partial charge in [0.05, 0.1) is 18.4 Å². The van der Waals surface area contributed by atoms with Crippen LogP contribution in [0.4, 0.5) is 0 Å². The average molecular weight is 405 g/mol. The standard InChI is InChI=1S/C23H19NO6/c1-12-18(23(28)29-2)19(13-7-9-14(10-8-13)30-11-17(25)26)20-21(24-12)15-5-3-4-6-16(15)22(20)27/h3-10,19,24H,11H2,1-2H3,(H,25,26)/t19-/m1/s1. The molecule has 1 aliphatic carbocycles. The van der Waals surface area contributed by atoms with Gasteiger partial charge < -0.3 is 19.9 Å². The fourth-order valence-electron chi connectivity index (χ4n) is 3.94. The minimum atomic E-state index is -1.08. The minimum Gasteiger partial charge on any atom is -0.482 e. The summed E-state index contributed by atoms with van der Waals surface area (Å²) in [6.45, 7) is 1.32. The number of carbonyl (C=O) groups excluding carboxylic acids is 2. The summed E-state index contributed by atoms with van der Waals surface area (Å²) in [4.78, 5) is 36.6. The van der Waals surface area contributed by atoms with Gasteiger partial charge in [0.1, 0.15) is 5.75 Å². The Hall–Kier alpha value is -3.87. The van der Waals surface area contributed by atoms with Gasteiger partial charge in [-0.05, 0) is 24.6 Å². The van der Waals surface area contributed by atoms with Gasteiger partial charge in [0.25, 0.3) is 0 Å². The van der Waals surface area contributed by atoms with Gasteiger partial charge in [0.15, 0.2) is 12.4 Å². The largest absolute Gasteiger partial charge is 0.482 e. The Morgan fingerprint density at radius 1 is 1.07 bits per heavy atom. The van der Waals surface area contributed by atoms with Crippen LogP contribution in [0.25, 0.3) is 5.70 Å². The van der Waals surface area contributed by atoms with Crippen molar-refractivity contribution in [3.63, 3.8) is 0 Å². The number of hydrogen-bond acceptors (Lipinski definition) is 6. The van der Waals surface area contributed by atoms with E-state index in [1.54, 1.807) is 43.3 Å². The maximum Gasteiger partial charge on any atom is 0.341 e. The molecule has 0 radical (unpaired) electrons. The van der Waals surface area contributed by atoms with Crippen molar-refractivity contribution in [3.8, 4) is 5.75 Å². The number of esters is 1. The number of carboxylic acids is 1. The average Bonchev–Trinajstić information content (AvgIpc) is 3.03. The Morgan fingerprint density at radius 3 is 2.37 bits per heavy atom. The zero-order valence-corrected chi connectivity index (χ0v) is 16.4. The zero-order valence-electron chi connectivity index (χ0n) is 16.4. The van der Waals surface area contributed by atoms with Crippen LogP contribution < -0.4 is 10.1 Å². The van der Waals surface area contributed by atoms with E-state index in [0.717, 1.165) is 5.56 Å². The van der Waals surface area contributed by atoms with Gasteiger partial charge >= 0.3 is 11.9 Å². The van der Waals surface area contributed by atoms with Gasteiger partial charge in [0, 0.05) is 28.3 Å². The van der Waals surface area contributed by atoms with Crippen molar-refractivity contribution < 1.29 is 29.0 Å². The molecule has 7 nitrogen and oxygen atoms in total. The van der Waals surface area contributed by atoms with Crippen LogP contribution in [0.3, 0.4) is 0 Å². The molecule has 7 heteroatoms. The fraction of sp³-hybridized carbons (Fsp3) is 0.174. The number of ether oxygens (including phenoxy) is 2. The van der Waals surface area contributed by atoms with Gasteiger partial charge in [0.2, 0.25) is 0 Å². The third kappa shape index (κ3) is 3.14. The number of carbonyl (C=O) groups is 3. The lowest BCUT2D eigenvalue weighted by Crippen LogP contribution is -2.29. The summed E-state index contributed by atoms with van der Waals surface area (Å²) in [6, 6.07) is 14.0. The number of dihydropyridines is 1. The van der Waals surface area contributed by atoms with E-state index >= 15 is 0 Å². The third-order valence-corrected chi connectivity index (χ3v) is 5.23. The van der Waals surface area contributed by atoms with Crippen LogP contribution in [0.1, 0.15) is 34.3 Å². The number of allylic oxidation sites excluding steroid dienone is 2. The highest BCUT2D eigenvalue weighted by atomic mass is 16.5. The van der Waals surface area contributed by atoms with E-state index in [4.69, 9.17) is 14.6 Å². The second-order valence-electron chi connectivity index (χ2n) is 7.00. The SMILES string of the molecule is COC(=O)C1=C(C)NC2=C(C(=O)c3ccccc32)[C@@H]1c1ccc(OCC(=O)O)cc1. The molecule has 0 aromatic heterocycles. The fourth-order valence-corrected chi connectivity index (χ4v) is 3.94. The molecule has 30 heavy (non-hydrogen) atoms. The van der Waals surface area contributed by atoms with E-state index in [2.05, 4.69) is 5.32 Å². The van der Waals surface area contributed by atoms with E-state index < -0.39 is 24.5 Å². The Labute approximate surface area is 172 Å². The molecule has 1 aliphatic heterocycles. The number of fused-ring (bicyclic) bond motifs is 2. The van der Waals surface area contributed by atoms with E-state index in [0.29, 0.717) is 39.4 Å². The van der Waals surface area contributed by atoms with Gasteiger partial charge in [-0.25, -0.2) is 9.59 Å². The van der Waals surface area contributed by atoms with Crippen LogP contribution in [0.15, 0.2) is 65.4 Å². The molecule has 0 unspecified atom stereocenters. The summed E-state index contributed by atoms with van der Waals surface area (Å²) in [5.74, 6) is -1.98. The number of ketones is 1. The monoisotopic (exact) mass is 405 g/mol. The first-order chi connectivity index (χ1) is 14.4. The second kappa shape index (κ2) is 7.51. The Balaban J connectivity index is 1.81. The molecular weight excluding hydrogens is 386 g/mol. The molecule has 2 aromatic carbocycles. The molecule has 0 fully saturated rings. The molecule has 152 valence electrons. The molecular formula is C23H19NO6. The molecule has 2 aromatic rings. The van der Waals surface area contributed by atoms with Crippen molar-refractivity contribution in [1.29, 1.82) is 0 Å². The number of hydrogen-bond donors (Lipinski definition) is 2. The normalized spacial score (nSPS) is 17.3. The zero-order chi connectivity index (χ0) is 21.4. The van der Waals surface area contributed by atoms with Crippen LogP contribution in [0, 0.1) is 0 Å². The van der Waals surface area contributed by atoms with E-state index in [-0.39, 0.29) is 5.78 Å². The minimum absolute atomic E-state index is 0.141. The number of nitrogens with one attached hydrogen (secondary N) is 1. The molecule has 1 atom stereocenters. The summed E-state index contributed by atoms with van der Waals surface area (Å²) >= 11 is 0. The molecule has 1 heterocycles. The predicted molar refractivity (Wildman–Crippen MR) is 108 cm³/mol. The summed E-state index contributed by atoms with van der Waals surface area (Å²) in [5.41, 5.74) is 4.23. The van der Waals surface area contributed by atoms with Gasteiger partial charge in [-0.2, -0.15) is 0 Å². The quantitative estimate of drug-likeness (QED) is 0.738. The molecule has 2 aliphatic rings. The second-order valence-corrected chi connectivity index (χ2v) is 7.00. The van der Waals surface area contributed by atoms with Crippen molar-refractivity contribution >= 4 is 23.4 Å². The molecule has 0 amide bonds. The summed E-state index contributed by atoms with van der Waals surface area (Å²) in [7, 11) is 1.30. The van der Waals surface area contributed by atoms with Crippen LogP contribution >= 0.6 is 0 Å². The van der Waals surface area contributed by atoms with E-state index in [1.807, 2.05) is 12.1 Å². The van der Waals surface area contributed by atoms with Crippen LogP contribution in [0.2, 0.25) is 0 Å². The molecule has 2 N–H and O–H groups in total.